The highest BCUT2D eigenvalue weighted by Crippen LogP contribution is 2.32. The predicted octanol–water partition coefficient (Wildman–Crippen LogP) is 2.73. The van der Waals surface area contributed by atoms with Gasteiger partial charge in [0.1, 0.15) is 0 Å². The molecule has 1 fully saturated rings. The number of hydrogen-bond acceptors (Lipinski definition) is 4. The van der Waals surface area contributed by atoms with Gasteiger partial charge in [-0.1, -0.05) is 11.6 Å². The molecule has 1 aromatic rings. The summed E-state index contributed by atoms with van der Waals surface area (Å²) in [6.45, 7) is 1.55. The Labute approximate surface area is 117 Å². The van der Waals surface area contributed by atoms with Crippen LogP contribution in [0, 0.1) is 0 Å². The molecule has 1 N–H and O–H groups in total. The molecule has 2 rings (SSSR count). The molecule has 102 valence electrons. The standard InChI is InChI=1S/C13H20ClNO2S/c1-15-11(9-10-3-4-12(14)18-10)13(16-2)5-7-17-8-6-13/h3-4,11,15H,5-9H2,1-2H3. The highest BCUT2D eigenvalue weighted by atomic mass is 35.5. The maximum absolute atomic E-state index is 5.99. The molecule has 2 heterocycles. The lowest BCUT2D eigenvalue weighted by Gasteiger charge is -2.42. The third-order valence-electron chi connectivity index (χ3n) is 3.76. The molecule has 0 saturated carbocycles. The zero-order valence-corrected chi connectivity index (χ0v) is 12.4. The molecule has 1 saturated heterocycles. The lowest BCUT2D eigenvalue weighted by molar-refractivity contribution is -0.109. The van der Waals surface area contributed by atoms with Crippen LogP contribution in [0.1, 0.15) is 17.7 Å². The van der Waals surface area contributed by atoms with Gasteiger partial charge in [-0.05, 0) is 25.6 Å². The van der Waals surface area contributed by atoms with Crippen molar-refractivity contribution >= 4 is 22.9 Å². The first kappa shape index (κ1) is 14.3. The fourth-order valence-electron chi connectivity index (χ4n) is 2.63. The summed E-state index contributed by atoms with van der Waals surface area (Å²) < 4.78 is 12.1. The van der Waals surface area contributed by atoms with Crippen LogP contribution in [-0.4, -0.2) is 39.0 Å². The number of rotatable bonds is 5. The van der Waals surface area contributed by atoms with Gasteiger partial charge >= 0.3 is 0 Å². The summed E-state index contributed by atoms with van der Waals surface area (Å²) in [5.41, 5.74) is -0.122. The minimum absolute atomic E-state index is 0.122. The molecule has 1 aliphatic rings. The monoisotopic (exact) mass is 289 g/mol. The first-order valence-corrected chi connectivity index (χ1v) is 7.44. The zero-order valence-electron chi connectivity index (χ0n) is 10.9. The Hall–Kier alpha value is -0.130. The van der Waals surface area contributed by atoms with Crippen molar-refractivity contribution in [2.45, 2.75) is 30.9 Å². The van der Waals surface area contributed by atoms with E-state index < -0.39 is 0 Å². The minimum Gasteiger partial charge on any atom is -0.381 e. The highest BCUT2D eigenvalue weighted by Gasteiger charge is 2.39. The van der Waals surface area contributed by atoms with Gasteiger partial charge in [-0.2, -0.15) is 0 Å². The van der Waals surface area contributed by atoms with Gasteiger partial charge in [-0.25, -0.2) is 0 Å². The second-order valence-corrected chi connectivity index (χ2v) is 6.43. The van der Waals surface area contributed by atoms with Crippen molar-refractivity contribution in [2.75, 3.05) is 27.4 Å². The van der Waals surface area contributed by atoms with Gasteiger partial charge in [0.2, 0.25) is 0 Å². The van der Waals surface area contributed by atoms with Crippen LogP contribution in [0.25, 0.3) is 0 Å². The number of hydrogen-bond donors (Lipinski definition) is 1. The van der Waals surface area contributed by atoms with Crippen molar-refractivity contribution in [1.82, 2.24) is 5.32 Å². The summed E-state index contributed by atoms with van der Waals surface area (Å²) in [6, 6.07) is 4.35. The van der Waals surface area contributed by atoms with Crippen molar-refractivity contribution in [3.8, 4) is 0 Å². The molecule has 0 bridgehead atoms. The van der Waals surface area contributed by atoms with Crippen molar-refractivity contribution in [3.63, 3.8) is 0 Å². The molecule has 1 unspecified atom stereocenters. The Bertz CT molecular complexity index is 377. The predicted molar refractivity (Wildman–Crippen MR) is 75.7 cm³/mol. The van der Waals surface area contributed by atoms with Gasteiger partial charge in [-0.3, -0.25) is 0 Å². The highest BCUT2D eigenvalue weighted by molar-refractivity contribution is 7.16. The quantitative estimate of drug-likeness (QED) is 0.904. The molecule has 1 atom stereocenters. The Morgan fingerprint density at radius 1 is 1.50 bits per heavy atom. The summed E-state index contributed by atoms with van der Waals surface area (Å²) in [5, 5.41) is 3.40. The molecular formula is C13H20ClNO2S. The number of nitrogens with one attached hydrogen (secondary N) is 1. The van der Waals surface area contributed by atoms with E-state index in [1.54, 1.807) is 18.4 Å². The number of halogens is 1. The lowest BCUT2D eigenvalue weighted by atomic mass is 9.84. The maximum Gasteiger partial charge on any atom is 0.0931 e. The number of thiophene rings is 1. The molecule has 1 aromatic heterocycles. The van der Waals surface area contributed by atoms with E-state index in [-0.39, 0.29) is 5.60 Å². The van der Waals surface area contributed by atoms with Crippen LogP contribution in [0.15, 0.2) is 12.1 Å². The SMILES string of the molecule is CNC(Cc1ccc(Cl)s1)C1(OC)CCOCC1. The summed E-state index contributed by atoms with van der Waals surface area (Å²) in [7, 11) is 3.80. The van der Waals surface area contributed by atoms with Crippen LogP contribution in [-0.2, 0) is 15.9 Å². The summed E-state index contributed by atoms with van der Waals surface area (Å²) in [5.74, 6) is 0. The lowest BCUT2D eigenvalue weighted by Crippen LogP contribution is -2.55. The van der Waals surface area contributed by atoms with Crippen LogP contribution in [0.4, 0.5) is 0 Å². The van der Waals surface area contributed by atoms with Gasteiger partial charge in [0.25, 0.3) is 0 Å². The first-order valence-electron chi connectivity index (χ1n) is 6.24. The van der Waals surface area contributed by atoms with Crippen molar-refractivity contribution in [3.05, 3.63) is 21.3 Å². The van der Waals surface area contributed by atoms with E-state index in [1.807, 2.05) is 13.1 Å². The van der Waals surface area contributed by atoms with E-state index in [0.717, 1.165) is 36.8 Å². The van der Waals surface area contributed by atoms with Crippen LogP contribution >= 0.6 is 22.9 Å². The van der Waals surface area contributed by atoms with Crippen molar-refractivity contribution in [1.29, 1.82) is 0 Å². The molecule has 3 nitrogen and oxygen atoms in total. The van der Waals surface area contributed by atoms with E-state index in [4.69, 9.17) is 21.1 Å². The van der Waals surface area contributed by atoms with Gasteiger partial charge in [0.05, 0.1) is 9.94 Å². The topological polar surface area (TPSA) is 30.5 Å². The normalized spacial score (nSPS) is 20.8. The number of ether oxygens (including phenoxy) is 2. The van der Waals surface area contributed by atoms with E-state index >= 15 is 0 Å². The van der Waals surface area contributed by atoms with Gasteiger partial charge < -0.3 is 14.8 Å². The van der Waals surface area contributed by atoms with Gasteiger partial charge in [0, 0.05) is 44.1 Å². The Kier molecular flexibility index (Phi) is 5.04. The fraction of sp³-hybridized carbons (Fsp3) is 0.692. The second-order valence-electron chi connectivity index (χ2n) is 4.63. The molecule has 0 aliphatic carbocycles. The molecular weight excluding hydrogens is 270 g/mol. The second kappa shape index (κ2) is 6.35. The minimum atomic E-state index is -0.122. The smallest absolute Gasteiger partial charge is 0.0931 e. The molecule has 0 aromatic carbocycles. The van der Waals surface area contributed by atoms with Crippen LogP contribution < -0.4 is 5.32 Å². The van der Waals surface area contributed by atoms with Crippen molar-refractivity contribution < 1.29 is 9.47 Å². The molecule has 0 radical (unpaired) electrons. The van der Waals surface area contributed by atoms with E-state index in [2.05, 4.69) is 11.4 Å². The molecule has 18 heavy (non-hydrogen) atoms. The third kappa shape index (κ3) is 3.06. The summed E-state index contributed by atoms with van der Waals surface area (Å²) >= 11 is 7.63. The van der Waals surface area contributed by atoms with Gasteiger partial charge in [0.15, 0.2) is 0 Å². The molecule has 1 aliphatic heterocycles. The fourth-order valence-corrected chi connectivity index (χ4v) is 3.76. The van der Waals surface area contributed by atoms with E-state index in [9.17, 15) is 0 Å². The molecule has 0 spiro atoms. The third-order valence-corrected chi connectivity index (χ3v) is 5.02. The maximum atomic E-state index is 5.99. The number of likely N-dealkylation sites (N-methyl/N-ethyl adjacent to an activating group) is 1. The largest absolute Gasteiger partial charge is 0.381 e. The molecule has 0 amide bonds. The average Bonchev–Trinajstić information content (AvgIpc) is 2.82. The summed E-state index contributed by atoms with van der Waals surface area (Å²) in [6.07, 6.45) is 2.82. The van der Waals surface area contributed by atoms with Crippen LogP contribution in [0.3, 0.4) is 0 Å². The Morgan fingerprint density at radius 3 is 2.72 bits per heavy atom. The van der Waals surface area contributed by atoms with Gasteiger partial charge in [-0.15, -0.1) is 11.3 Å². The summed E-state index contributed by atoms with van der Waals surface area (Å²) in [4.78, 5) is 1.29. The zero-order chi connectivity index (χ0) is 13.0. The average molecular weight is 290 g/mol. The number of methoxy groups -OCH3 is 1. The molecule has 5 heteroatoms. The van der Waals surface area contributed by atoms with E-state index in [0.29, 0.717) is 6.04 Å². The van der Waals surface area contributed by atoms with Crippen LogP contribution in [0.5, 0.6) is 0 Å². The Morgan fingerprint density at radius 2 is 2.22 bits per heavy atom. The van der Waals surface area contributed by atoms with Crippen molar-refractivity contribution in [2.24, 2.45) is 0 Å². The Balaban J connectivity index is 2.10. The van der Waals surface area contributed by atoms with E-state index in [1.165, 1.54) is 4.88 Å². The first-order chi connectivity index (χ1) is 8.70. The van der Waals surface area contributed by atoms with Crippen LogP contribution in [0.2, 0.25) is 4.34 Å².